The first-order valence-corrected chi connectivity index (χ1v) is 5.46. The summed E-state index contributed by atoms with van der Waals surface area (Å²) in [5.74, 6) is 0. The Morgan fingerprint density at radius 2 is 1.86 bits per heavy atom. The Morgan fingerprint density at radius 3 is 2.14 bits per heavy atom. The Labute approximate surface area is 95.1 Å². The highest BCUT2D eigenvalue weighted by atomic mass is 79.9. The van der Waals surface area contributed by atoms with E-state index >= 15 is 0 Å². The zero-order chi connectivity index (χ0) is 11.2. The molecule has 0 N–H and O–H groups in total. The van der Waals surface area contributed by atoms with E-state index in [1.165, 1.54) is 0 Å². The molecule has 0 aliphatic rings. The van der Waals surface area contributed by atoms with E-state index in [2.05, 4.69) is 29.1 Å². The van der Waals surface area contributed by atoms with Gasteiger partial charge in [0.25, 0.3) is 0 Å². The average molecular weight is 263 g/mol. The van der Waals surface area contributed by atoms with Gasteiger partial charge in [-0.2, -0.15) is 0 Å². The zero-order valence-corrected chi connectivity index (χ0v) is 10.7. The normalized spacial score (nSPS) is 14.1. The second kappa shape index (κ2) is 6.38. The van der Waals surface area contributed by atoms with Crippen LogP contribution in [0.3, 0.4) is 0 Å². The van der Waals surface area contributed by atoms with Crippen molar-refractivity contribution in [3.05, 3.63) is 25.3 Å². The molecule has 0 bridgehead atoms. The third-order valence-corrected chi connectivity index (χ3v) is 2.00. The summed E-state index contributed by atoms with van der Waals surface area (Å²) in [6.45, 7) is 13.9. The molecule has 0 heterocycles. The topological polar surface area (TPSA) is 18.5 Å². The van der Waals surface area contributed by atoms with Gasteiger partial charge in [-0.15, -0.1) is 13.2 Å². The number of ether oxygens (including phenoxy) is 2. The lowest BCUT2D eigenvalue weighted by molar-refractivity contribution is -0.160. The highest BCUT2D eigenvalue weighted by Crippen LogP contribution is 2.25. The molecule has 0 aromatic heterocycles. The van der Waals surface area contributed by atoms with Gasteiger partial charge in [0.2, 0.25) is 0 Å². The smallest absolute Gasteiger partial charge is 0.173 e. The molecule has 0 rings (SSSR count). The van der Waals surface area contributed by atoms with Gasteiger partial charge in [0.05, 0.1) is 10.4 Å². The maximum atomic E-state index is 5.65. The Kier molecular flexibility index (Phi) is 6.33. The van der Waals surface area contributed by atoms with Gasteiger partial charge in [-0.25, -0.2) is 0 Å². The van der Waals surface area contributed by atoms with Crippen LogP contribution in [0.2, 0.25) is 0 Å². The molecule has 0 aliphatic heterocycles. The van der Waals surface area contributed by atoms with E-state index in [-0.39, 0.29) is 16.7 Å². The molecule has 0 aromatic rings. The number of halogens is 1. The van der Waals surface area contributed by atoms with E-state index in [4.69, 9.17) is 9.47 Å². The van der Waals surface area contributed by atoms with Crippen molar-refractivity contribution in [2.24, 2.45) is 0 Å². The molecular formula is C11H19BrO2. The molecule has 0 saturated heterocycles. The first kappa shape index (κ1) is 13.9. The monoisotopic (exact) mass is 262 g/mol. The van der Waals surface area contributed by atoms with E-state index < -0.39 is 0 Å². The summed E-state index contributed by atoms with van der Waals surface area (Å²) in [5.41, 5.74) is 0. The van der Waals surface area contributed by atoms with Crippen molar-refractivity contribution in [2.45, 2.75) is 37.5 Å². The quantitative estimate of drug-likeness (QED) is 0.398. The molecule has 0 spiro atoms. The molecule has 0 aromatic carbocycles. The van der Waals surface area contributed by atoms with Gasteiger partial charge in [-0.1, -0.05) is 28.1 Å². The molecule has 3 heteroatoms. The molecule has 0 saturated carbocycles. The Balaban J connectivity index is 4.35. The SMILES string of the molecule is C=CC(C=C)OC(OCC)C(C)(C)Br. The van der Waals surface area contributed by atoms with Crippen LogP contribution >= 0.6 is 15.9 Å². The first-order valence-electron chi connectivity index (χ1n) is 4.66. The van der Waals surface area contributed by atoms with Crippen molar-refractivity contribution < 1.29 is 9.47 Å². The Morgan fingerprint density at radius 1 is 1.36 bits per heavy atom. The van der Waals surface area contributed by atoms with Crippen LogP contribution in [0.1, 0.15) is 20.8 Å². The summed E-state index contributed by atoms with van der Waals surface area (Å²) >= 11 is 3.51. The summed E-state index contributed by atoms with van der Waals surface area (Å²) in [4.78, 5) is 0. The maximum Gasteiger partial charge on any atom is 0.173 e. The lowest BCUT2D eigenvalue weighted by Gasteiger charge is -2.30. The highest BCUT2D eigenvalue weighted by molar-refractivity contribution is 9.10. The minimum atomic E-state index is -0.312. The van der Waals surface area contributed by atoms with Gasteiger partial charge in [0, 0.05) is 6.61 Å². The van der Waals surface area contributed by atoms with Crippen molar-refractivity contribution in [3.63, 3.8) is 0 Å². The third-order valence-electron chi connectivity index (χ3n) is 1.62. The van der Waals surface area contributed by atoms with Gasteiger partial charge in [-0.3, -0.25) is 0 Å². The lowest BCUT2D eigenvalue weighted by Crippen LogP contribution is -2.37. The fourth-order valence-electron chi connectivity index (χ4n) is 0.901. The fraction of sp³-hybridized carbons (Fsp3) is 0.636. The van der Waals surface area contributed by atoms with Crippen molar-refractivity contribution in [2.75, 3.05) is 6.61 Å². The maximum absolute atomic E-state index is 5.65. The number of hydrogen-bond donors (Lipinski definition) is 0. The minimum absolute atomic E-state index is 0.177. The average Bonchev–Trinajstić information content (AvgIpc) is 2.10. The molecule has 0 fully saturated rings. The van der Waals surface area contributed by atoms with Gasteiger partial charge in [0.15, 0.2) is 6.29 Å². The summed E-state index contributed by atoms with van der Waals surface area (Å²) in [5, 5.41) is 0. The molecule has 14 heavy (non-hydrogen) atoms. The zero-order valence-electron chi connectivity index (χ0n) is 9.13. The van der Waals surface area contributed by atoms with Crippen molar-refractivity contribution in [1.82, 2.24) is 0 Å². The Bertz CT molecular complexity index is 176. The van der Waals surface area contributed by atoms with E-state index in [0.717, 1.165) is 0 Å². The molecular weight excluding hydrogens is 244 g/mol. The highest BCUT2D eigenvalue weighted by Gasteiger charge is 2.29. The molecule has 82 valence electrons. The van der Waals surface area contributed by atoms with Gasteiger partial charge in [0.1, 0.15) is 0 Å². The second-order valence-corrected chi connectivity index (χ2v) is 5.47. The standard InChI is InChI=1S/C11H19BrO2/c1-6-9(7-2)14-10(13-8-3)11(4,5)12/h6-7,9-10H,1-2,8H2,3-5H3. The minimum Gasteiger partial charge on any atom is -0.351 e. The predicted molar refractivity (Wildman–Crippen MR) is 63.7 cm³/mol. The summed E-state index contributed by atoms with van der Waals surface area (Å²) in [7, 11) is 0. The summed E-state index contributed by atoms with van der Waals surface area (Å²) in [6, 6.07) is 0. The van der Waals surface area contributed by atoms with E-state index in [1.807, 2.05) is 20.8 Å². The van der Waals surface area contributed by atoms with Crippen LogP contribution in [0.4, 0.5) is 0 Å². The van der Waals surface area contributed by atoms with Crippen LogP contribution in [0, 0.1) is 0 Å². The first-order chi connectivity index (χ1) is 6.45. The van der Waals surface area contributed by atoms with Crippen molar-refractivity contribution >= 4 is 15.9 Å². The van der Waals surface area contributed by atoms with Crippen LogP contribution in [0.15, 0.2) is 25.3 Å². The molecule has 0 radical (unpaired) electrons. The largest absolute Gasteiger partial charge is 0.351 e. The second-order valence-electron chi connectivity index (χ2n) is 3.42. The molecule has 1 unspecified atom stereocenters. The number of alkyl halides is 1. The van der Waals surface area contributed by atoms with Crippen molar-refractivity contribution in [3.8, 4) is 0 Å². The van der Waals surface area contributed by atoms with Crippen LogP contribution < -0.4 is 0 Å². The fourth-order valence-corrected chi connectivity index (χ4v) is 1.14. The van der Waals surface area contributed by atoms with E-state index in [0.29, 0.717) is 6.61 Å². The van der Waals surface area contributed by atoms with Crippen molar-refractivity contribution in [1.29, 1.82) is 0 Å². The van der Waals surface area contributed by atoms with Crippen LogP contribution in [0.5, 0.6) is 0 Å². The number of rotatable bonds is 7. The van der Waals surface area contributed by atoms with E-state index in [9.17, 15) is 0 Å². The van der Waals surface area contributed by atoms with E-state index in [1.54, 1.807) is 12.2 Å². The molecule has 0 aliphatic carbocycles. The predicted octanol–water partition coefficient (Wildman–Crippen LogP) is 3.28. The summed E-state index contributed by atoms with van der Waals surface area (Å²) < 4.78 is 10.9. The summed E-state index contributed by atoms with van der Waals surface area (Å²) in [6.07, 6.45) is 2.90. The third kappa shape index (κ3) is 4.94. The van der Waals surface area contributed by atoms with Crippen LogP contribution in [-0.4, -0.2) is 23.3 Å². The Hall–Kier alpha value is -0.120. The van der Waals surface area contributed by atoms with Gasteiger partial charge >= 0.3 is 0 Å². The van der Waals surface area contributed by atoms with Crippen LogP contribution in [0.25, 0.3) is 0 Å². The van der Waals surface area contributed by atoms with Gasteiger partial charge in [-0.05, 0) is 20.8 Å². The molecule has 1 atom stereocenters. The lowest BCUT2D eigenvalue weighted by atomic mass is 10.2. The van der Waals surface area contributed by atoms with Crippen LogP contribution in [-0.2, 0) is 9.47 Å². The van der Waals surface area contributed by atoms with Gasteiger partial charge < -0.3 is 9.47 Å². The molecule has 0 amide bonds. The molecule has 2 nitrogen and oxygen atoms in total. The number of hydrogen-bond acceptors (Lipinski definition) is 2.